The Morgan fingerprint density at radius 3 is 2.45 bits per heavy atom. The van der Waals surface area contributed by atoms with E-state index in [0.717, 1.165) is 12.1 Å². The summed E-state index contributed by atoms with van der Waals surface area (Å²) in [6.45, 7) is 0.276. The minimum absolute atomic E-state index is 0.0696. The molecule has 0 radical (unpaired) electrons. The Kier molecular flexibility index (Phi) is 3.76. The fourth-order valence-electron chi connectivity index (χ4n) is 2.40. The number of hydrogen-bond donors (Lipinski definition) is 1. The first-order valence-corrected chi connectivity index (χ1v) is 8.25. The second kappa shape index (κ2) is 5.58. The molecular formula is C15H15FNO4S+. The molecule has 0 amide bonds. The number of benzene rings is 2. The fourth-order valence-corrected chi connectivity index (χ4v) is 4.06. The van der Waals surface area contributed by atoms with Crippen molar-refractivity contribution in [1.29, 1.82) is 0 Å². The third-order valence-corrected chi connectivity index (χ3v) is 5.73. The Morgan fingerprint density at radius 2 is 1.77 bits per heavy atom. The monoisotopic (exact) mass is 324 g/mol. The van der Waals surface area contributed by atoms with Gasteiger partial charge in [0.15, 0.2) is 21.3 Å². The van der Waals surface area contributed by atoms with Crippen molar-refractivity contribution in [3.05, 3.63) is 53.8 Å². The van der Waals surface area contributed by atoms with E-state index in [2.05, 4.69) is 5.73 Å². The zero-order valence-electron chi connectivity index (χ0n) is 11.7. The zero-order chi connectivity index (χ0) is 15.7. The van der Waals surface area contributed by atoms with Gasteiger partial charge in [0.1, 0.15) is 11.1 Å². The SMILES string of the molecule is [NH3+]C[C@@H](c1ccc2c(c1)OCO2)S(=O)(=O)c1ccc(F)cc1. The molecule has 0 saturated carbocycles. The smallest absolute Gasteiger partial charge is 0.231 e. The van der Waals surface area contributed by atoms with E-state index in [9.17, 15) is 12.8 Å². The Morgan fingerprint density at radius 1 is 1.09 bits per heavy atom. The van der Waals surface area contributed by atoms with Crippen LogP contribution >= 0.6 is 0 Å². The number of ether oxygens (including phenoxy) is 2. The number of sulfone groups is 1. The molecule has 1 aliphatic heterocycles. The van der Waals surface area contributed by atoms with Crippen molar-refractivity contribution in [2.24, 2.45) is 0 Å². The highest BCUT2D eigenvalue weighted by molar-refractivity contribution is 7.91. The lowest BCUT2D eigenvalue weighted by Gasteiger charge is -2.15. The largest absolute Gasteiger partial charge is 0.454 e. The molecule has 2 aromatic rings. The Balaban J connectivity index is 2.01. The molecule has 0 unspecified atom stereocenters. The van der Waals surface area contributed by atoms with E-state index in [-0.39, 0.29) is 18.2 Å². The van der Waals surface area contributed by atoms with Crippen molar-refractivity contribution < 1.29 is 28.0 Å². The summed E-state index contributed by atoms with van der Waals surface area (Å²) in [6, 6.07) is 9.81. The second-order valence-corrected chi connectivity index (χ2v) is 7.02. The van der Waals surface area contributed by atoms with Crippen molar-refractivity contribution >= 4 is 9.84 Å². The van der Waals surface area contributed by atoms with Crippen molar-refractivity contribution in [2.75, 3.05) is 13.3 Å². The summed E-state index contributed by atoms with van der Waals surface area (Å²) in [5.74, 6) is 0.629. The van der Waals surface area contributed by atoms with Gasteiger partial charge in [-0.15, -0.1) is 0 Å². The van der Waals surface area contributed by atoms with Crippen molar-refractivity contribution in [3.8, 4) is 11.5 Å². The average molecular weight is 324 g/mol. The van der Waals surface area contributed by atoms with Crippen LogP contribution in [0, 0.1) is 5.82 Å². The van der Waals surface area contributed by atoms with Crippen LogP contribution in [0.3, 0.4) is 0 Å². The average Bonchev–Trinajstić information content (AvgIpc) is 2.96. The standard InChI is InChI=1S/C15H14FNO4S/c16-11-2-4-12(5-3-11)22(18,19)15(8-17)10-1-6-13-14(7-10)21-9-20-13/h1-7,15H,8-9,17H2/p+1/t15-/m0/s1. The maximum absolute atomic E-state index is 13.0. The van der Waals surface area contributed by atoms with E-state index in [0.29, 0.717) is 17.1 Å². The lowest BCUT2D eigenvalue weighted by molar-refractivity contribution is -0.367. The molecular weight excluding hydrogens is 309 g/mol. The van der Waals surface area contributed by atoms with Gasteiger partial charge in [-0.25, -0.2) is 12.8 Å². The molecule has 22 heavy (non-hydrogen) atoms. The molecule has 0 fully saturated rings. The number of quaternary nitrogens is 1. The Labute approximate surface area is 127 Å². The number of halogens is 1. The summed E-state index contributed by atoms with van der Waals surface area (Å²) in [5.41, 5.74) is 4.31. The van der Waals surface area contributed by atoms with Crippen LogP contribution in [0.4, 0.5) is 4.39 Å². The summed E-state index contributed by atoms with van der Waals surface area (Å²) in [6.07, 6.45) is 0. The molecule has 0 aliphatic carbocycles. The summed E-state index contributed by atoms with van der Waals surface area (Å²) in [4.78, 5) is 0.0696. The lowest BCUT2D eigenvalue weighted by atomic mass is 10.1. The van der Waals surface area contributed by atoms with Crippen LogP contribution in [0.15, 0.2) is 47.4 Å². The van der Waals surface area contributed by atoms with Crippen molar-refractivity contribution in [2.45, 2.75) is 10.1 Å². The molecule has 2 aromatic carbocycles. The van der Waals surface area contributed by atoms with Crippen LogP contribution < -0.4 is 15.2 Å². The quantitative estimate of drug-likeness (QED) is 0.860. The first kappa shape index (κ1) is 14.8. The Bertz CT molecular complexity index is 790. The van der Waals surface area contributed by atoms with Crippen LogP contribution in [-0.4, -0.2) is 21.8 Å². The number of hydrogen-bond acceptors (Lipinski definition) is 4. The molecule has 0 spiro atoms. The topological polar surface area (TPSA) is 80.2 Å². The van der Waals surface area contributed by atoms with Gasteiger partial charge < -0.3 is 15.2 Å². The Hall–Kier alpha value is -2.12. The first-order valence-electron chi connectivity index (χ1n) is 6.70. The first-order chi connectivity index (χ1) is 10.5. The van der Waals surface area contributed by atoms with Gasteiger partial charge in [-0.05, 0) is 42.0 Å². The predicted octanol–water partition coefficient (Wildman–Crippen LogP) is 1.31. The van der Waals surface area contributed by atoms with Gasteiger partial charge in [0.2, 0.25) is 6.79 Å². The molecule has 1 atom stereocenters. The molecule has 7 heteroatoms. The molecule has 116 valence electrons. The van der Waals surface area contributed by atoms with Crippen LogP contribution in [0.2, 0.25) is 0 Å². The fraction of sp³-hybridized carbons (Fsp3) is 0.200. The third-order valence-electron chi connectivity index (χ3n) is 3.55. The summed E-state index contributed by atoms with van der Waals surface area (Å²) >= 11 is 0. The van der Waals surface area contributed by atoms with Crippen LogP contribution in [-0.2, 0) is 9.84 Å². The molecule has 3 rings (SSSR count). The molecule has 3 N–H and O–H groups in total. The van der Waals surface area contributed by atoms with Crippen molar-refractivity contribution in [3.63, 3.8) is 0 Å². The second-order valence-electron chi connectivity index (χ2n) is 4.89. The summed E-state index contributed by atoms with van der Waals surface area (Å²) in [5, 5.41) is -0.826. The van der Waals surface area contributed by atoms with Gasteiger partial charge in [0.25, 0.3) is 0 Å². The molecule has 0 aromatic heterocycles. The van der Waals surface area contributed by atoms with E-state index >= 15 is 0 Å². The minimum Gasteiger partial charge on any atom is -0.454 e. The highest BCUT2D eigenvalue weighted by Crippen LogP contribution is 2.37. The van der Waals surface area contributed by atoms with E-state index in [1.165, 1.54) is 12.1 Å². The van der Waals surface area contributed by atoms with E-state index in [4.69, 9.17) is 9.47 Å². The maximum atomic E-state index is 13.0. The van der Waals surface area contributed by atoms with Gasteiger partial charge in [-0.3, -0.25) is 0 Å². The summed E-state index contributed by atoms with van der Waals surface area (Å²) < 4.78 is 49.0. The summed E-state index contributed by atoms with van der Waals surface area (Å²) in [7, 11) is -3.66. The van der Waals surface area contributed by atoms with E-state index < -0.39 is 20.9 Å². The molecule has 1 heterocycles. The number of rotatable bonds is 4. The number of fused-ring (bicyclic) bond motifs is 1. The van der Waals surface area contributed by atoms with Gasteiger partial charge in [0, 0.05) is 0 Å². The lowest BCUT2D eigenvalue weighted by Crippen LogP contribution is -2.54. The molecule has 0 saturated heterocycles. The molecule has 0 bridgehead atoms. The minimum atomic E-state index is -3.66. The highest BCUT2D eigenvalue weighted by atomic mass is 32.2. The van der Waals surface area contributed by atoms with Gasteiger partial charge in [-0.1, -0.05) is 6.07 Å². The molecule has 1 aliphatic rings. The third kappa shape index (κ3) is 2.53. The van der Waals surface area contributed by atoms with Crippen LogP contribution in [0.1, 0.15) is 10.8 Å². The maximum Gasteiger partial charge on any atom is 0.231 e. The van der Waals surface area contributed by atoms with E-state index in [1.54, 1.807) is 18.2 Å². The zero-order valence-corrected chi connectivity index (χ0v) is 12.5. The van der Waals surface area contributed by atoms with Crippen LogP contribution in [0.5, 0.6) is 11.5 Å². The van der Waals surface area contributed by atoms with Gasteiger partial charge in [0.05, 0.1) is 11.4 Å². The van der Waals surface area contributed by atoms with Crippen LogP contribution in [0.25, 0.3) is 0 Å². The van der Waals surface area contributed by atoms with Gasteiger partial charge >= 0.3 is 0 Å². The highest BCUT2D eigenvalue weighted by Gasteiger charge is 2.31. The molecule has 5 nitrogen and oxygen atoms in total. The predicted molar refractivity (Wildman–Crippen MR) is 76.6 cm³/mol. The van der Waals surface area contributed by atoms with Gasteiger partial charge in [-0.2, -0.15) is 0 Å². The van der Waals surface area contributed by atoms with Crippen molar-refractivity contribution in [1.82, 2.24) is 0 Å². The van der Waals surface area contributed by atoms with E-state index in [1.807, 2.05) is 0 Å². The normalized spacial score (nSPS) is 14.8.